The van der Waals surface area contributed by atoms with Crippen molar-refractivity contribution in [2.75, 3.05) is 14.2 Å². The molecule has 0 heterocycles. The van der Waals surface area contributed by atoms with Gasteiger partial charge in [-0.05, 0) is 38.1 Å². The third kappa shape index (κ3) is 1.80. The van der Waals surface area contributed by atoms with Crippen LogP contribution in [-0.4, -0.2) is 14.2 Å². The van der Waals surface area contributed by atoms with Crippen LogP contribution in [-0.2, 0) is 5.54 Å². The van der Waals surface area contributed by atoms with Crippen LogP contribution in [0.2, 0.25) is 0 Å². The van der Waals surface area contributed by atoms with Crippen molar-refractivity contribution in [3.63, 3.8) is 0 Å². The predicted molar refractivity (Wildman–Crippen MR) is 62.2 cm³/mol. The predicted octanol–water partition coefficient (Wildman–Crippen LogP) is 2.82. The largest absolute Gasteiger partial charge is 0.496 e. The molecular weight excluding hydrogens is 205 g/mol. The van der Waals surface area contributed by atoms with E-state index in [4.69, 9.17) is 4.74 Å². The van der Waals surface area contributed by atoms with Crippen LogP contribution in [0.25, 0.3) is 0 Å². The first-order chi connectivity index (χ1) is 7.72. The summed E-state index contributed by atoms with van der Waals surface area (Å²) >= 11 is 0. The van der Waals surface area contributed by atoms with Crippen LogP contribution >= 0.6 is 0 Å². The Morgan fingerprint density at radius 1 is 1.31 bits per heavy atom. The van der Waals surface area contributed by atoms with Gasteiger partial charge in [0, 0.05) is 11.1 Å². The summed E-state index contributed by atoms with van der Waals surface area (Å²) in [5.41, 5.74) is 0.850. The zero-order valence-electron chi connectivity index (χ0n) is 9.85. The van der Waals surface area contributed by atoms with Gasteiger partial charge >= 0.3 is 0 Å². The van der Waals surface area contributed by atoms with Crippen molar-refractivity contribution < 1.29 is 9.13 Å². The van der Waals surface area contributed by atoms with E-state index in [1.807, 2.05) is 7.05 Å². The molecule has 0 bridgehead atoms. The zero-order chi connectivity index (χ0) is 11.6. The van der Waals surface area contributed by atoms with E-state index >= 15 is 0 Å². The Labute approximate surface area is 95.8 Å². The van der Waals surface area contributed by atoms with Crippen LogP contribution in [0.4, 0.5) is 4.39 Å². The average Bonchev–Trinajstić information content (AvgIpc) is 2.78. The minimum atomic E-state index is -0.197. The third-order valence-corrected chi connectivity index (χ3v) is 3.61. The van der Waals surface area contributed by atoms with Gasteiger partial charge in [-0.2, -0.15) is 0 Å². The highest BCUT2D eigenvalue weighted by Gasteiger charge is 2.36. The lowest BCUT2D eigenvalue weighted by Gasteiger charge is -2.30. The summed E-state index contributed by atoms with van der Waals surface area (Å²) in [6, 6.07) is 4.75. The van der Waals surface area contributed by atoms with Crippen LogP contribution in [0.3, 0.4) is 0 Å². The Morgan fingerprint density at radius 3 is 2.56 bits per heavy atom. The molecule has 0 spiro atoms. The van der Waals surface area contributed by atoms with E-state index < -0.39 is 0 Å². The van der Waals surface area contributed by atoms with Crippen molar-refractivity contribution in [1.29, 1.82) is 0 Å². The monoisotopic (exact) mass is 223 g/mol. The van der Waals surface area contributed by atoms with E-state index in [0.717, 1.165) is 24.2 Å². The van der Waals surface area contributed by atoms with Gasteiger partial charge in [-0.25, -0.2) is 4.39 Å². The van der Waals surface area contributed by atoms with Gasteiger partial charge in [0.2, 0.25) is 0 Å². The fraction of sp³-hybridized carbons (Fsp3) is 0.538. The number of rotatable bonds is 3. The number of methoxy groups -OCH3 is 1. The normalized spacial score (nSPS) is 18.7. The second-order valence-electron chi connectivity index (χ2n) is 4.38. The van der Waals surface area contributed by atoms with Crippen molar-refractivity contribution in [3.8, 4) is 5.75 Å². The second kappa shape index (κ2) is 4.42. The van der Waals surface area contributed by atoms with Crippen LogP contribution in [0.15, 0.2) is 18.2 Å². The van der Waals surface area contributed by atoms with E-state index in [-0.39, 0.29) is 11.4 Å². The molecule has 0 aromatic heterocycles. The summed E-state index contributed by atoms with van der Waals surface area (Å²) in [5, 5.41) is 3.35. The average molecular weight is 223 g/mol. The quantitative estimate of drug-likeness (QED) is 0.850. The molecule has 88 valence electrons. The molecule has 1 aromatic rings. The molecule has 0 atom stereocenters. The molecular formula is C13H18FNO. The Morgan fingerprint density at radius 2 is 2.00 bits per heavy atom. The van der Waals surface area contributed by atoms with E-state index in [1.54, 1.807) is 19.2 Å². The van der Waals surface area contributed by atoms with Gasteiger partial charge in [-0.1, -0.05) is 12.8 Å². The Hall–Kier alpha value is -1.09. The van der Waals surface area contributed by atoms with Gasteiger partial charge in [0.15, 0.2) is 0 Å². The van der Waals surface area contributed by atoms with Gasteiger partial charge in [0.1, 0.15) is 11.6 Å². The lowest BCUT2D eigenvalue weighted by molar-refractivity contribution is 0.338. The molecule has 1 N–H and O–H groups in total. The van der Waals surface area contributed by atoms with E-state index in [2.05, 4.69) is 5.32 Å². The third-order valence-electron chi connectivity index (χ3n) is 3.61. The summed E-state index contributed by atoms with van der Waals surface area (Å²) < 4.78 is 18.7. The minimum absolute atomic E-state index is 0.104. The highest BCUT2D eigenvalue weighted by atomic mass is 19.1. The molecule has 0 aliphatic heterocycles. The maximum atomic E-state index is 13.4. The highest BCUT2D eigenvalue weighted by Crippen LogP contribution is 2.42. The van der Waals surface area contributed by atoms with Crippen LogP contribution in [0.1, 0.15) is 31.2 Å². The molecule has 1 saturated carbocycles. The number of hydrogen-bond acceptors (Lipinski definition) is 2. The lowest BCUT2D eigenvalue weighted by Crippen LogP contribution is -2.37. The van der Waals surface area contributed by atoms with Crippen molar-refractivity contribution in [1.82, 2.24) is 5.32 Å². The molecule has 1 aromatic carbocycles. The van der Waals surface area contributed by atoms with Gasteiger partial charge in [0.25, 0.3) is 0 Å². The first kappa shape index (κ1) is 11.4. The molecule has 16 heavy (non-hydrogen) atoms. The molecule has 2 rings (SSSR count). The first-order valence-electron chi connectivity index (χ1n) is 5.75. The summed E-state index contributed by atoms with van der Waals surface area (Å²) in [4.78, 5) is 0. The fourth-order valence-electron chi connectivity index (χ4n) is 2.69. The highest BCUT2D eigenvalue weighted by molar-refractivity contribution is 5.40. The molecule has 1 aliphatic carbocycles. The van der Waals surface area contributed by atoms with Crippen LogP contribution in [0.5, 0.6) is 5.75 Å². The molecule has 1 fully saturated rings. The maximum absolute atomic E-state index is 13.4. The van der Waals surface area contributed by atoms with Crippen molar-refractivity contribution >= 4 is 0 Å². The summed E-state index contributed by atoms with van der Waals surface area (Å²) in [6.07, 6.45) is 4.45. The summed E-state index contributed by atoms with van der Waals surface area (Å²) in [6.45, 7) is 0. The molecule has 3 heteroatoms. The van der Waals surface area contributed by atoms with Gasteiger partial charge in [-0.15, -0.1) is 0 Å². The number of halogens is 1. The smallest absolute Gasteiger partial charge is 0.124 e. The Kier molecular flexibility index (Phi) is 3.15. The van der Waals surface area contributed by atoms with E-state index in [1.165, 1.54) is 18.9 Å². The molecule has 0 amide bonds. The van der Waals surface area contributed by atoms with Crippen LogP contribution in [0, 0.1) is 5.82 Å². The molecule has 0 unspecified atom stereocenters. The maximum Gasteiger partial charge on any atom is 0.124 e. The molecule has 1 aliphatic rings. The van der Waals surface area contributed by atoms with Crippen molar-refractivity contribution in [2.24, 2.45) is 0 Å². The lowest BCUT2D eigenvalue weighted by atomic mass is 9.87. The molecule has 0 saturated heterocycles. The standard InChI is InChI=1S/C13H18FNO/c1-15-13(7-3-4-8-13)11-9-10(14)5-6-12(11)16-2/h5-6,9,15H,3-4,7-8H2,1-2H3. The topological polar surface area (TPSA) is 21.3 Å². The first-order valence-corrected chi connectivity index (χ1v) is 5.75. The van der Waals surface area contributed by atoms with Crippen LogP contribution < -0.4 is 10.1 Å². The zero-order valence-corrected chi connectivity index (χ0v) is 9.85. The second-order valence-corrected chi connectivity index (χ2v) is 4.38. The minimum Gasteiger partial charge on any atom is -0.496 e. The van der Waals surface area contributed by atoms with E-state index in [9.17, 15) is 4.39 Å². The van der Waals surface area contributed by atoms with Gasteiger partial charge < -0.3 is 10.1 Å². The number of benzene rings is 1. The Bertz CT molecular complexity index is 372. The fourth-order valence-corrected chi connectivity index (χ4v) is 2.69. The summed E-state index contributed by atoms with van der Waals surface area (Å²) in [7, 11) is 3.57. The number of nitrogens with one attached hydrogen (secondary N) is 1. The molecule has 0 radical (unpaired) electrons. The van der Waals surface area contributed by atoms with Gasteiger partial charge in [0.05, 0.1) is 7.11 Å². The van der Waals surface area contributed by atoms with Crippen molar-refractivity contribution in [2.45, 2.75) is 31.2 Å². The summed E-state index contributed by atoms with van der Waals surface area (Å²) in [5.74, 6) is 0.579. The molecule has 2 nitrogen and oxygen atoms in total. The van der Waals surface area contributed by atoms with E-state index in [0.29, 0.717) is 0 Å². The Balaban J connectivity index is 2.47. The number of hydrogen-bond donors (Lipinski definition) is 1. The van der Waals surface area contributed by atoms with Gasteiger partial charge in [-0.3, -0.25) is 0 Å². The number of ether oxygens (including phenoxy) is 1. The van der Waals surface area contributed by atoms with Crippen molar-refractivity contribution in [3.05, 3.63) is 29.6 Å². The SMILES string of the molecule is CNC1(c2cc(F)ccc2OC)CCCC1.